The summed E-state index contributed by atoms with van der Waals surface area (Å²) in [5, 5.41) is 3.63. The molecular formula is C17H25N. The van der Waals surface area contributed by atoms with E-state index in [1.807, 2.05) is 0 Å². The third-order valence-electron chi connectivity index (χ3n) is 5.17. The Labute approximate surface area is 111 Å². The highest BCUT2D eigenvalue weighted by Crippen LogP contribution is 2.48. The van der Waals surface area contributed by atoms with E-state index in [4.69, 9.17) is 0 Å². The molecule has 0 amide bonds. The standard InChI is InChI=1S/C17H25N/c1-18-16(11-10-14-8-9-14)17(12-5-13-17)15-6-3-2-4-7-15/h2-4,6-7,14,16,18H,5,8-13H2,1H3. The minimum Gasteiger partial charge on any atom is -0.316 e. The van der Waals surface area contributed by atoms with Crippen molar-refractivity contribution in [2.24, 2.45) is 5.92 Å². The monoisotopic (exact) mass is 243 g/mol. The molecule has 0 aromatic heterocycles. The topological polar surface area (TPSA) is 12.0 Å². The van der Waals surface area contributed by atoms with Gasteiger partial charge in [-0.05, 0) is 44.2 Å². The highest BCUT2D eigenvalue weighted by molar-refractivity contribution is 5.30. The lowest BCUT2D eigenvalue weighted by atomic mass is 9.59. The van der Waals surface area contributed by atoms with Gasteiger partial charge in [0.2, 0.25) is 0 Å². The number of rotatable bonds is 6. The first-order chi connectivity index (χ1) is 8.85. The highest BCUT2D eigenvalue weighted by atomic mass is 14.9. The van der Waals surface area contributed by atoms with E-state index in [9.17, 15) is 0 Å². The minimum atomic E-state index is 0.435. The molecule has 2 aliphatic carbocycles. The maximum Gasteiger partial charge on any atom is 0.0161 e. The molecule has 1 nitrogen and oxygen atoms in total. The zero-order valence-corrected chi connectivity index (χ0v) is 11.5. The predicted octanol–water partition coefficient (Wildman–Crippen LogP) is 3.89. The lowest BCUT2D eigenvalue weighted by Gasteiger charge is -2.48. The Bertz CT molecular complexity index is 376. The van der Waals surface area contributed by atoms with Crippen molar-refractivity contribution in [1.82, 2.24) is 5.32 Å². The van der Waals surface area contributed by atoms with Crippen LogP contribution in [0.3, 0.4) is 0 Å². The Hall–Kier alpha value is -0.820. The van der Waals surface area contributed by atoms with E-state index in [0.717, 1.165) is 5.92 Å². The smallest absolute Gasteiger partial charge is 0.0161 e. The van der Waals surface area contributed by atoms with Crippen LogP contribution in [0.1, 0.15) is 50.5 Å². The first-order valence-electron chi connectivity index (χ1n) is 7.58. The Morgan fingerprint density at radius 2 is 1.94 bits per heavy atom. The largest absolute Gasteiger partial charge is 0.316 e. The van der Waals surface area contributed by atoms with Crippen LogP contribution in [0, 0.1) is 5.92 Å². The molecule has 0 radical (unpaired) electrons. The Kier molecular flexibility index (Phi) is 3.43. The molecule has 18 heavy (non-hydrogen) atoms. The van der Waals surface area contributed by atoms with Gasteiger partial charge < -0.3 is 5.32 Å². The van der Waals surface area contributed by atoms with Gasteiger partial charge in [-0.15, -0.1) is 0 Å². The normalized spacial score (nSPS) is 23.4. The molecule has 1 atom stereocenters. The summed E-state index contributed by atoms with van der Waals surface area (Å²) in [5.74, 6) is 1.05. The van der Waals surface area contributed by atoms with E-state index in [0.29, 0.717) is 11.5 Å². The number of hydrogen-bond acceptors (Lipinski definition) is 1. The van der Waals surface area contributed by atoms with Gasteiger partial charge in [-0.3, -0.25) is 0 Å². The second kappa shape index (κ2) is 5.05. The van der Waals surface area contributed by atoms with E-state index in [-0.39, 0.29) is 0 Å². The van der Waals surface area contributed by atoms with Gasteiger partial charge in [0.1, 0.15) is 0 Å². The van der Waals surface area contributed by atoms with Crippen LogP contribution in [0.4, 0.5) is 0 Å². The molecule has 1 unspecified atom stereocenters. The first-order valence-corrected chi connectivity index (χ1v) is 7.58. The molecule has 98 valence electrons. The van der Waals surface area contributed by atoms with E-state index >= 15 is 0 Å². The van der Waals surface area contributed by atoms with E-state index in [2.05, 4.69) is 42.7 Å². The SMILES string of the molecule is CNC(CCC1CC1)C1(c2ccccc2)CCC1. The molecule has 3 rings (SSSR count). The summed E-state index contributed by atoms with van der Waals surface area (Å²) in [5.41, 5.74) is 2.00. The molecule has 2 aliphatic rings. The average Bonchev–Trinajstić information content (AvgIpc) is 3.17. The van der Waals surface area contributed by atoms with Crippen LogP contribution in [0.2, 0.25) is 0 Å². The van der Waals surface area contributed by atoms with Crippen LogP contribution in [-0.4, -0.2) is 13.1 Å². The van der Waals surface area contributed by atoms with Crippen LogP contribution < -0.4 is 5.32 Å². The summed E-state index contributed by atoms with van der Waals surface area (Å²) >= 11 is 0. The quantitative estimate of drug-likeness (QED) is 0.799. The van der Waals surface area contributed by atoms with Gasteiger partial charge in [0, 0.05) is 11.5 Å². The van der Waals surface area contributed by atoms with Crippen LogP contribution in [0.25, 0.3) is 0 Å². The minimum absolute atomic E-state index is 0.435. The summed E-state index contributed by atoms with van der Waals surface area (Å²) < 4.78 is 0. The van der Waals surface area contributed by atoms with Crippen molar-refractivity contribution in [2.45, 2.75) is 56.4 Å². The number of likely N-dealkylation sites (N-methyl/N-ethyl adjacent to an activating group) is 1. The maximum absolute atomic E-state index is 3.63. The van der Waals surface area contributed by atoms with Gasteiger partial charge in [0.05, 0.1) is 0 Å². The lowest BCUT2D eigenvalue weighted by Crippen LogP contribution is -2.51. The molecule has 1 N–H and O–H groups in total. The van der Waals surface area contributed by atoms with E-state index < -0.39 is 0 Å². The van der Waals surface area contributed by atoms with Crippen molar-refractivity contribution in [1.29, 1.82) is 0 Å². The van der Waals surface area contributed by atoms with Crippen molar-refractivity contribution in [3.63, 3.8) is 0 Å². The van der Waals surface area contributed by atoms with Crippen LogP contribution in [0.15, 0.2) is 30.3 Å². The predicted molar refractivity (Wildman–Crippen MR) is 76.8 cm³/mol. The highest BCUT2D eigenvalue weighted by Gasteiger charge is 2.44. The first kappa shape index (κ1) is 12.2. The van der Waals surface area contributed by atoms with Gasteiger partial charge in [0.25, 0.3) is 0 Å². The number of nitrogens with one attached hydrogen (secondary N) is 1. The third-order valence-corrected chi connectivity index (χ3v) is 5.17. The van der Waals surface area contributed by atoms with Gasteiger partial charge in [0.15, 0.2) is 0 Å². The maximum atomic E-state index is 3.63. The van der Waals surface area contributed by atoms with Crippen LogP contribution >= 0.6 is 0 Å². The fourth-order valence-corrected chi connectivity index (χ4v) is 3.67. The molecule has 0 saturated heterocycles. The molecule has 1 heteroatoms. The Balaban J connectivity index is 1.75. The summed E-state index contributed by atoms with van der Waals surface area (Å²) in [6, 6.07) is 11.9. The van der Waals surface area contributed by atoms with Crippen LogP contribution in [0.5, 0.6) is 0 Å². The molecule has 1 aromatic carbocycles. The average molecular weight is 243 g/mol. The van der Waals surface area contributed by atoms with Gasteiger partial charge in [-0.25, -0.2) is 0 Å². The van der Waals surface area contributed by atoms with Crippen molar-refractivity contribution in [3.05, 3.63) is 35.9 Å². The van der Waals surface area contributed by atoms with Crippen molar-refractivity contribution < 1.29 is 0 Å². The molecule has 0 bridgehead atoms. The fourth-order valence-electron chi connectivity index (χ4n) is 3.67. The Morgan fingerprint density at radius 1 is 1.22 bits per heavy atom. The lowest BCUT2D eigenvalue weighted by molar-refractivity contribution is 0.164. The Morgan fingerprint density at radius 3 is 2.44 bits per heavy atom. The summed E-state index contributed by atoms with van der Waals surface area (Å²) in [4.78, 5) is 0. The zero-order chi connectivity index (χ0) is 12.4. The molecule has 0 aliphatic heterocycles. The number of hydrogen-bond donors (Lipinski definition) is 1. The fraction of sp³-hybridized carbons (Fsp3) is 0.647. The molecule has 2 fully saturated rings. The van der Waals surface area contributed by atoms with Crippen molar-refractivity contribution in [2.75, 3.05) is 7.05 Å². The summed E-state index contributed by atoms with van der Waals surface area (Å²) in [7, 11) is 2.15. The van der Waals surface area contributed by atoms with E-state index in [1.54, 1.807) is 5.56 Å². The van der Waals surface area contributed by atoms with Crippen LogP contribution in [-0.2, 0) is 5.41 Å². The van der Waals surface area contributed by atoms with Gasteiger partial charge in [-0.2, -0.15) is 0 Å². The zero-order valence-electron chi connectivity index (χ0n) is 11.5. The molecule has 0 heterocycles. The molecular weight excluding hydrogens is 218 g/mol. The number of benzene rings is 1. The second-order valence-electron chi connectivity index (χ2n) is 6.24. The van der Waals surface area contributed by atoms with Crippen molar-refractivity contribution >= 4 is 0 Å². The third kappa shape index (κ3) is 2.21. The van der Waals surface area contributed by atoms with Gasteiger partial charge in [-0.1, -0.05) is 49.6 Å². The van der Waals surface area contributed by atoms with E-state index in [1.165, 1.54) is 44.9 Å². The summed E-state index contributed by atoms with van der Waals surface area (Å²) in [6.07, 6.45) is 9.89. The van der Waals surface area contributed by atoms with Gasteiger partial charge >= 0.3 is 0 Å². The molecule has 1 aromatic rings. The molecule has 0 spiro atoms. The molecule has 2 saturated carbocycles. The summed E-state index contributed by atoms with van der Waals surface area (Å²) in [6.45, 7) is 0. The van der Waals surface area contributed by atoms with Crippen molar-refractivity contribution in [3.8, 4) is 0 Å². The second-order valence-corrected chi connectivity index (χ2v) is 6.24.